The van der Waals surface area contributed by atoms with Crippen LogP contribution in [0, 0.1) is 11.3 Å². The number of carbonyl (C=O) groups excluding carboxylic acids is 2. The minimum Gasteiger partial charge on any atom is -0.440 e. The first-order valence-electron chi connectivity index (χ1n) is 11.0. The van der Waals surface area contributed by atoms with E-state index in [4.69, 9.17) is 11.0 Å². The Balaban J connectivity index is 0.000000722. The van der Waals surface area contributed by atoms with Crippen LogP contribution >= 0.6 is 12.4 Å². The SMILES string of the molecule is Cl.N#C[C@H](Cc1ccccc1)NC(=O)OCC(F)(F)F.NC[C@H](Cc1ccccc1)NC(=O)OCC(F)(F)F. The lowest BCUT2D eigenvalue weighted by Crippen LogP contribution is -2.42. The molecule has 0 saturated heterocycles. The number of rotatable bonds is 9. The van der Waals surface area contributed by atoms with Crippen molar-refractivity contribution in [2.24, 2.45) is 5.73 Å². The van der Waals surface area contributed by atoms with Crippen molar-refractivity contribution in [1.82, 2.24) is 10.6 Å². The van der Waals surface area contributed by atoms with Gasteiger partial charge in [0.2, 0.25) is 0 Å². The van der Waals surface area contributed by atoms with Crippen molar-refractivity contribution in [3.8, 4) is 6.07 Å². The maximum absolute atomic E-state index is 11.9. The molecule has 0 heterocycles. The van der Waals surface area contributed by atoms with Crippen molar-refractivity contribution in [3.63, 3.8) is 0 Å². The number of amides is 2. The van der Waals surface area contributed by atoms with Crippen LogP contribution in [0.2, 0.25) is 0 Å². The standard InChI is InChI=1S/C12H15F3N2O2.C12H11F3N2O2.ClH/c2*13-12(14,15)8-19-11(18)17-10(7-16)6-9-4-2-1-3-5-9;/h1-5,10H,6-8,16H2,(H,17,18);1-5,10H,6,8H2,(H,17,18);1H/t2*10-;/m00./s1. The highest BCUT2D eigenvalue weighted by atomic mass is 35.5. The molecule has 2 aromatic rings. The number of hydrogen-bond acceptors (Lipinski definition) is 6. The van der Waals surface area contributed by atoms with E-state index in [0.717, 1.165) is 11.1 Å². The second-order valence-electron chi connectivity index (χ2n) is 7.67. The summed E-state index contributed by atoms with van der Waals surface area (Å²) in [6.07, 6.45) is -10.9. The summed E-state index contributed by atoms with van der Waals surface area (Å²) in [5.41, 5.74) is 7.17. The van der Waals surface area contributed by atoms with Crippen LogP contribution in [-0.2, 0) is 22.3 Å². The lowest BCUT2D eigenvalue weighted by molar-refractivity contribution is -0.160. The molecule has 2 atom stereocenters. The Morgan fingerprint density at radius 3 is 1.59 bits per heavy atom. The molecule has 0 fully saturated rings. The second kappa shape index (κ2) is 17.7. The maximum atomic E-state index is 11.9. The number of ether oxygens (including phenoxy) is 2. The third-order valence-electron chi connectivity index (χ3n) is 4.40. The largest absolute Gasteiger partial charge is 0.440 e. The first kappa shape index (κ1) is 35.3. The van der Waals surface area contributed by atoms with Gasteiger partial charge in [0.25, 0.3) is 0 Å². The first-order chi connectivity index (χ1) is 17.8. The van der Waals surface area contributed by atoms with Gasteiger partial charge in [-0.1, -0.05) is 60.7 Å². The third-order valence-corrected chi connectivity index (χ3v) is 4.40. The molecule has 0 radical (unpaired) electrons. The maximum Gasteiger partial charge on any atom is 0.422 e. The van der Waals surface area contributed by atoms with Gasteiger partial charge in [-0.25, -0.2) is 9.59 Å². The molecule has 0 spiro atoms. The Bertz CT molecular complexity index is 1020. The summed E-state index contributed by atoms with van der Waals surface area (Å²) >= 11 is 0. The molecule has 0 bridgehead atoms. The van der Waals surface area contributed by atoms with E-state index in [9.17, 15) is 35.9 Å². The summed E-state index contributed by atoms with van der Waals surface area (Å²) < 4.78 is 79.0. The van der Waals surface area contributed by atoms with Gasteiger partial charge in [-0.2, -0.15) is 31.6 Å². The van der Waals surface area contributed by atoms with Crippen molar-refractivity contribution in [2.45, 2.75) is 37.3 Å². The molecular formula is C24H27ClF6N4O4. The number of nitrogens with one attached hydrogen (secondary N) is 2. The minimum absolute atomic E-state index is 0. The van der Waals surface area contributed by atoms with E-state index in [2.05, 4.69) is 20.1 Å². The van der Waals surface area contributed by atoms with Gasteiger partial charge in [-0.05, 0) is 17.5 Å². The lowest BCUT2D eigenvalue weighted by atomic mass is 10.1. The number of alkyl carbamates (subject to hydrolysis) is 2. The van der Waals surface area contributed by atoms with Crippen LogP contribution in [0.25, 0.3) is 0 Å². The van der Waals surface area contributed by atoms with E-state index in [-0.39, 0.29) is 25.4 Å². The van der Waals surface area contributed by atoms with Crippen LogP contribution in [0.5, 0.6) is 0 Å². The predicted molar refractivity (Wildman–Crippen MR) is 131 cm³/mol. The molecule has 2 rings (SSSR count). The number of hydrogen-bond donors (Lipinski definition) is 3. The van der Waals surface area contributed by atoms with E-state index >= 15 is 0 Å². The van der Waals surface area contributed by atoms with E-state index in [1.807, 2.05) is 30.3 Å². The molecule has 15 heteroatoms. The smallest absolute Gasteiger partial charge is 0.422 e. The molecular weight excluding hydrogens is 558 g/mol. The topological polar surface area (TPSA) is 126 Å². The summed E-state index contributed by atoms with van der Waals surface area (Å²) in [6, 6.07) is 18.3. The van der Waals surface area contributed by atoms with Gasteiger partial charge in [0, 0.05) is 19.0 Å². The number of halogens is 7. The first-order valence-corrected chi connectivity index (χ1v) is 11.0. The van der Waals surface area contributed by atoms with Crippen molar-refractivity contribution < 1.29 is 45.4 Å². The quantitative estimate of drug-likeness (QED) is 0.368. The zero-order valence-corrected chi connectivity index (χ0v) is 21.1. The summed E-state index contributed by atoms with van der Waals surface area (Å²) in [5.74, 6) is 0. The number of nitrogens with two attached hydrogens (primary N) is 1. The van der Waals surface area contributed by atoms with E-state index in [1.165, 1.54) is 0 Å². The molecule has 8 nitrogen and oxygen atoms in total. The zero-order valence-electron chi connectivity index (χ0n) is 20.3. The molecule has 0 aliphatic rings. The van der Waals surface area contributed by atoms with Gasteiger partial charge >= 0.3 is 24.5 Å². The van der Waals surface area contributed by atoms with Gasteiger partial charge < -0.3 is 25.8 Å². The number of benzene rings is 2. The number of carbonyl (C=O) groups is 2. The Morgan fingerprint density at radius 2 is 1.21 bits per heavy atom. The highest BCUT2D eigenvalue weighted by molar-refractivity contribution is 5.85. The predicted octanol–water partition coefficient (Wildman–Crippen LogP) is 4.68. The van der Waals surface area contributed by atoms with Gasteiger partial charge in [0.15, 0.2) is 13.2 Å². The van der Waals surface area contributed by atoms with E-state index in [0.29, 0.717) is 6.42 Å². The van der Waals surface area contributed by atoms with Crippen molar-refractivity contribution in [3.05, 3.63) is 71.8 Å². The molecule has 0 unspecified atom stereocenters. The molecule has 216 valence electrons. The summed E-state index contributed by atoms with van der Waals surface area (Å²) in [4.78, 5) is 22.2. The van der Waals surface area contributed by atoms with Crippen molar-refractivity contribution >= 4 is 24.6 Å². The highest BCUT2D eigenvalue weighted by Crippen LogP contribution is 2.15. The molecule has 0 aliphatic carbocycles. The van der Waals surface area contributed by atoms with Crippen molar-refractivity contribution in [2.75, 3.05) is 19.8 Å². The Kier molecular flexibility index (Phi) is 16.1. The summed E-state index contributed by atoms with van der Waals surface area (Å²) in [6.45, 7) is -3.18. The average molecular weight is 585 g/mol. The van der Waals surface area contributed by atoms with Crippen LogP contribution in [0.4, 0.5) is 35.9 Å². The van der Waals surface area contributed by atoms with E-state index < -0.39 is 49.8 Å². The van der Waals surface area contributed by atoms with Crippen LogP contribution < -0.4 is 16.4 Å². The minimum atomic E-state index is -4.58. The molecule has 0 saturated carbocycles. The van der Waals surface area contributed by atoms with Crippen LogP contribution in [0.15, 0.2) is 60.7 Å². The number of alkyl halides is 6. The van der Waals surface area contributed by atoms with Crippen LogP contribution in [-0.4, -0.2) is 56.4 Å². The normalized spacial score (nSPS) is 12.3. The summed E-state index contributed by atoms with van der Waals surface area (Å²) in [5, 5.41) is 13.2. The molecule has 2 aromatic carbocycles. The monoisotopic (exact) mass is 584 g/mol. The molecule has 4 N–H and O–H groups in total. The fourth-order valence-electron chi connectivity index (χ4n) is 2.76. The van der Waals surface area contributed by atoms with Crippen LogP contribution in [0.3, 0.4) is 0 Å². The fourth-order valence-corrected chi connectivity index (χ4v) is 2.76. The van der Waals surface area contributed by atoms with Crippen molar-refractivity contribution in [1.29, 1.82) is 5.26 Å². The van der Waals surface area contributed by atoms with Gasteiger partial charge in [0.1, 0.15) is 6.04 Å². The Hall–Kier alpha value is -3.70. The lowest BCUT2D eigenvalue weighted by Gasteiger charge is -2.17. The Morgan fingerprint density at radius 1 is 0.795 bits per heavy atom. The van der Waals surface area contributed by atoms with E-state index in [1.54, 1.807) is 36.4 Å². The van der Waals surface area contributed by atoms with Crippen LogP contribution in [0.1, 0.15) is 11.1 Å². The molecule has 0 aromatic heterocycles. The van der Waals surface area contributed by atoms with Gasteiger partial charge in [-0.15, -0.1) is 12.4 Å². The second-order valence-corrected chi connectivity index (χ2v) is 7.67. The molecule has 39 heavy (non-hydrogen) atoms. The molecule has 2 amide bonds. The Labute approximate surface area is 226 Å². The van der Waals surface area contributed by atoms with Gasteiger partial charge in [0.05, 0.1) is 6.07 Å². The highest BCUT2D eigenvalue weighted by Gasteiger charge is 2.30. The third kappa shape index (κ3) is 18.2. The fraction of sp³-hybridized carbons (Fsp3) is 0.375. The average Bonchev–Trinajstić information content (AvgIpc) is 2.86. The summed E-state index contributed by atoms with van der Waals surface area (Å²) in [7, 11) is 0. The number of nitrogens with zero attached hydrogens (tertiary/aromatic N) is 1. The molecule has 0 aliphatic heterocycles. The van der Waals surface area contributed by atoms with Gasteiger partial charge in [-0.3, -0.25) is 0 Å². The number of nitriles is 1. The zero-order chi connectivity index (χ0) is 28.6.